The summed E-state index contributed by atoms with van der Waals surface area (Å²) in [7, 11) is 0. The third-order valence-electron chi connectivity index (χ3n) is 2.75. The Kier molecular flexibility index (Phi) is 2.81. The van der Waals surface area contributed by atoms with Gasteiger partial charge in [-0.05, 0) is 12.0 Å². The Morgan fingerprint density at radius 1 is 0.882 bits per heavy atom. The minimum Gasteiger partial charge on any atom is -0.232 e. The van der Waals surface area contributed by atoms with Crippen molar-refractivity contribution in [3.8, 4) is 0 Å². The lowest BCUT2D eigenvalue weighted by molar-refractivity contribution is -0.344. The normalized spacial score (nSPS) is 34.6. The number of alkyl halides is 7. The third-order valence-corrected chi connectivity index (χ3v) is 2.75. The Bertz CT molecular complexity index is 356. The van der Waals surface area contributed by atoms with Crippen LogP contribution in [0.15, 0.2) is 11.9 Å². The van der Waals surface area contributed by atoms with Gasteiger partial charge in [-0.1, -0.05) is 13.8 Å². The van der Waals surface area contributed by atoms with Crippen molar-refractivity contribution in [1.29, 1.82) is 0 Å². The zero-order valence-corrected chi connectivity index (χ0v) is 8.68. The monoisotopic (exact) mass is 268 g/mol. The molecule has 8 heteroatoms. The second-order valence-corrected chi connectivity index (χ2v) is 4.14. The molecular formula is C9H8F8. The van der Waals surface area contributed by atoms with Crippen LogP contribution in [0.25, 0.3) is 0 Å². The van der Waals surface area contributed by atoms with Gasteiger partial charge in [0.2, 0.25) is 5.67 Å². The van der Waals surface area contributed by atoms with Crippen LogP contribution in [-0.2, 0) is 0 Å². The summed E-state index contributed by atoms with van der Waals surface area (Å²) in [5.74, 6) is -22.2. The molecule has 0 saturated heterocycles. The molecule has 0 aliphatic heterocycles. The second kappa shape index (κ2) is 3.35. The zero-order valence-electron chi connectivity index (χ0n) is 8.68. The highest BCUT2D eigenvalue weighted by molar-refractivity contribution is 5.30. The van der Waals surface area contributed by atoms with Crippen LogP contribution in [0.1, 0.15) is 13.8 Å². The van der Waals surface area contributed by atoms with Gasteiger partial charge < -0.3 is 0 Å². The average molecular weight is 268 g/mol. The van der Waals surface area contributed by atoms with E-state index in [0.717, 1.165) is 13.8 Å². The van der Waals surface area contributed by atoms with E-state index >= 15 is 0 Å². The zero-order chi connectivity index (χ0) is 13.9. The maximum absolute atomic E-state index is 13.7. The van der Waals surface area contributed by atoms with Crippen molar-refractivity contribution in [3.05, 3.63) is 11.9 Å². The van der Waals surface area contributed by atoms with Crippen molar-refractivity contribution in [2.75, 3.05) is 0 Å². The molecule has 0 bridgehead atoms. The molecule has 0 aromatic carbocycles. The van der Waals surface area contributed by atoms with Crippen molar-refractivity contribution in [2.24, 2.45) is 5.92 Å². The van der Waals surface area contributed by atoms with Crippen LogP contribution in [0, 0.1) is 5.92 Å². The first-order valence-electron chi connectivity index (χ1n) is 4.53. The minimum absolute atomic E-state index is 0.755. The third kappa shape index (κ3) is 1.41. The van der Waals surface area contributed by atoms with Crippen LogP contribution in [0.2, 0.25) is 0 Å². The fourth-order valence-corrected chi connectivity index (χ4v) is 1.48. The van der Waals surface area contributed by atoms with Crippen molar-refractivity contribution in [2.45, 2.75) is 37.3 Å². The number of halogens is 8. The molecule has 100 valence electrons. The molecule has 0 N–H and O–H groups in total. The predicted molar refractivity (Wildman–Crippen MR) is 42.7 cm³/mol. The number of hydrogen-bond acceptors (Lipinski definition) is 0. The van der Waals surface area contributed by atoms with Crippen LogP contribution in [0.5, 0.6) is 0 Å². The molecule has 0 spiro atoms. The predicted octanol–water partition coefficient (Wildman–Crippen LogP) is 4.12. The van der Waals surface area contributed by atoms with Gasteiger partial charge in [0.1, 0.15) is 0 Å². The van der Waals surface area contributed by atoms with Gasteiger partial charge in [-0.25, -0.2) is 8.78 Å². The quantitative estimate of drug-likeness (QED) is 0.627. The molecule has 0 nitrogen and oxygen atoms in total. The molecule has 1 unspecified atom stereocenters. The Morgan fingerprint density at radius 3 is 1.65 bits per heavy atom. The standard InChI is InChI=1S/C9H8F8/c1-4(2)6(11)3-5(10)7(12,13)9(16,17)8(6,14)15/h3-4H,1-2H3. The van der Waals surface area contributed by atoms with E-state index in [1.54, 1.807) is 0 Å². The van der Waals surface area contributed by atoms with Crippen molar-refractivity contribution < 1.29 is 35.1 Å². The summed E-state index contributed by atoms with van der Waals surface area (Å²) in [6, 6.07) is 0. The van der Waals surface area contributed by atoms with Crippen LogP contribution in [-0.4, -0.2) is 23.4 Å². The van der Waals surface area contributed by atoms with Crippen LogP contribution in [0.4, 0.5) is 35.1 Å². The van der Waals surface area contributed by atoms with E-state index in [9.17, 15) is 35.1 Å². The van der Waals surface area contributed by atoms with Crippen molar-refractivity contribution >= 4 is 0 Å². The summed E-state index contributed by atoms with van der Waals surface area (Å²) in [5.41, 5.74) is -4.16. The fraction of sp³-hybridized carbons (Fsp3) is 0.778. The molecule has 1 atom stereocenters. The summed E-state index contributed by atoms with van der Waals surface area (Å²) < 4.78 is 104. The molecule has 1 aliphatic rings. The SMILES string of the molecule is CC(C)C1(F)C=C(F)C(F)(F)C(F)(F)C1(F)F. The van der Waals surface area contributed by atoms with Crippen LogP contribution < -0.4 is 0 Å². The average Bonchev–Trinajstić information content (AvgIpc) is 2.14. The van der Waals surface area contributed by atoms with Gasteiger partial charge in [0.15, 0.2) is 5.83 Å². The number of allylic oxidation sites excluding steroid dienone is 2. The summed E-state index contributed by atoms with van der Waals surface area (Å²) >= 11 is 0. The molecule has 0 fully saturated rings. The van der Waals surface area contributed by atoms with Gasteiger partial charge in [0.05, 0.1) is 0 Å². The van der Waals surface area contributed by atoms with E-state index < -0.39 is 41.3 Å². The second-order valence-electron chi connectivity index (χ2n) is 4.14. The molecule has 1 aliphatic carbocycles. The maximum Gasteiger partial charge on any atom is 0.382 e. The Labute approximate surface area is 91.3 Å². The fourth-order valence-electron chi connectivity index (χ4n) is 1.48. The van der Waals surface area contributed by atoms with Gasteiger partial charge in [-0.15, -0.1) is 0 Å². The van der Waals surface area contributed by atoms with Crippen LogP contribution in [0.3, 0.4) is 0 Å². The van der Waals surface area contributed by atoms with E-state index in [-0.39, 0.29) is 0 Å². The summed E-state index contributed by atoms with van der Waals surface area (Å²) in [5, 5.41) is 0. The lowest BCUT2D eigenvalue weighted by Gasteiger charge is -2.44. The minimum atomic E-state index is -6.13. The summed E-state index contributed by atoms with van der Waals surface area (Å²) in [6.45, 7) is 1.52. The van der Waals surface area contributed by atoms with E-state index in [0.29, 0.717) is 0 Å². The molecule has 0 aromatic heterocycles. The van der Waals surface area contributed by atoms with Gasteiger partial charge in [-0.3, -0.25) is 0 Å². The Balaban J connectivity index is 3.57. The smallest absolute Gasteiger partial charge is 0.232 e. The highest BCUT2D eigenvalue weighted by Crippen LogP contribution is 2.60. The molecule has 0 saturated carbocycles. The summed E-state index contributed by atoms with van der Waals surface area (Å²) in [6.07, 6.45) is -0.755. The summed E-state index contributed by atoms with van der Waals surface area (Å²) in [4.78, 5) is 0. The topological polar surface area (TPSA) is 0 Å². The highest BCUT2D eigenvalue weighted by atomic mass is 19.4. The highest BCUT2D eigenvalue weighted by Gasteiger charge is 2.83. The van der Waals surface area contributed by atoms with Gasteiger partial charge in [-0.2, -0.15) is 26.3 Å². The molecule has 0 amide bonds. The van der Waals surface area contributed by atoms with Crippen molar-refractivity contribution in [3.63, 3.8) is 0 Å². The first-order valence-corrected chi connectivity index (χ1v) is 4.53. The largest absolute Gasteiger partial charge is 0.382 e. The van der Waals surface area contributed by atoms with E-state index in [2.05, 4.69) is 0 Å². The van der Waals surface area contributed by atoms with E-state index in [4.69, 9.17) is 0 Å². The van der Waals surface area contributed by atoms with Gasteiger partial charge >= 0.3 is 17.8 Å². The molecule has 0 radical (unpaired) electrons. The maximum atomic E-state index is 13.7. The Morgan fingerprint density at radius 2 is 1.29 bits per heavy atom. The van der Waals surface area contributed by atoms with Gasteiger partial charge in [0, 0.05) is 0 Å². The molecular weight excluding hydrogens is 260 g/mol. The number of rotatable bonds is 1. The molecule has 0 aromatic rings. The Hall–Kier alpha value is -0.820. The molecule has 0 heterocycles. The first kappa shape index (κ1) is 14.2. The van der Waals surface area contributed by atoms with E-state index in [1.165, 1.54) is 0 Å². The molecule has 1 rings (SSSR count). The lowest BCUT2D eigenvalue weighted by Crippen LogP contribution is -2.67. The van der Waals surface area contributed by atoms with E-state index in [1.807, 2.05) is 0 Å². The van der Waals surface area contributed by atoms with Crippen LogP contribution >= 0.6 is 0 Å². The van der Waals surface area contributed by atoms with Crippen molar-refractivity contribution in [1.82, 2.24) is 0 Å². The number of hydrogen-bond donors (Lipinski definition) is 0. The molecule has 17 heavy (non-hydrogen) atoms. The first-order chi connectivity index (χ1) is 7.32. The van der Waals surface area contributed by atoms with Gasteiger partial charge in [0.25, 0.3) is 0 Å². The lowest BCUT2D eigenvalue weighted by atomic mass is 9.76.